The molecule has 0 radical (unpaired) electrons. The maximum absolute atomic E-state index is 12.4. The van der Waals surface area contributed by atoms with Crippen LogP contribution in [0.1, 0.15) is 16.1 Å². The maximum atomic E-state index is 12.4. The highest BCUT2D eigenvalue weighted by atomic mass is 32.2. The van der Waals surface area contributed by atoms with Crippen LogP contribution in [0.25, 0.3) is 0 Å². The molecule has 0 fully saturated rings. The van der Waals surface area contributed by atoms with Crippen LogP contribution in [0.15, 0.2) is 41.4 Å². The fourth-order valence-electron chi connectivity index (χ4n) is 2.87. The molecule has 0 bridgehead atoms. The van der Waals surface area contributed by atoms with Gasteiger partial charge >= 0.3 is 0 Å². The van der Waals surface area contributed by atoms with E-state index in [1.807, 2.05) is 24.3 Å². The van der Waals surface area contributed by atoms with Crippen molar-refractivity contribution >= 4 is 15.9 Å². The number of amides is 1. The fraction of sp³-hybridized carbons (Fsp3) is 0.353. The number of ether oxygens (including phenoxy) is 1. The van der Waals surface area contributed by atoms with Gasteiger partial charge in [-0.15, -0.1) is 0 Å². The maximum Gasteiger partial charge on any atom is 0.267 e. The van der Waals surface area contributed by atoms with Crippen LogP contribution in [0.3, 0.4) is 0 Å². The first-order chi connectivity index (χ1) is 11.9. The molecule has 1 aliphatic heterocycles. The number of carbonyl (C=O) groups excluding carboxylic acids is 1. The zero-order chi connectivity index (χ0) is 18.0. The molecular weight excluding hydrogens is 342 g/mol. The minimum Gasteiger partial charge on any atom is -0.493 e. The molecule has 7 nitrogen and oxygen atoms in total. The van der Waals surface area contributed by atoms with Crippen LogP contribution in [0, 0.1) is 5.92 Å². The summed E-state index contributed by atoms with van der Waals surface area (Å²) in [6.45, 7) is 1.01. The zero-order valence-corrected chi connectivity index (χ0v) is 15.0. The van der Waals surface area contributed by atoms with E-state index in [1.54, 1.807) is 7.05 Å². The van der Waals surface area contributed by atoms with Crippen molar-refractivity contribution in [1.82, 2.24) is 14.6 Å². The second kappa shape index (κ2) is 6.89. The Balaban J connectivity index is 1.64. The SMILES string of the molecule is CNS(=O)(=O)c1cc(C(=O)NCC2COc3ccccc3C2)n(C)c1. The van der Waals surface area contributed by atoms with E-state index >= 15 is 0 Å². The van der Waals surface area contributed by atoms with Gasteiger partial charge in [-0.25, -0.2) is 13.1 Å². The normalized spacial score (nSPS) is 16.8. The Morgan fingerprint density at radius 2 is 2.12 bits per heavy atom. The molecule has 2 aromatic rings. The van der Waals surface area contributed by atoms with E-state index in [0.717, 1.165) is 17.7 Å². The van der Waals surface area contributed by atoms with Gasteiger partial charge in [-0.05, 0) is 31.2 Å². The molecule has 2 heterocycles. The number of nitrogens with zero attached hydrogens (tertiary/aromatic N) is 1. The van der Waals surface area contributed by atoms with Crippen LogP contribution in [-0.4, -0.2) is 39.1 Å². The molecular formula is C17H21N3O4S. The number of hydrogen-bond acceptors (Lipinski definition) is 4. The van der Waals surface area contributed by atoms with Crippen molar-refractivity contribution < 1.29 is 17.9 Å². The second-order valence-corrected chi connectivity index (χ2v) is 7.96. The van der Waals surface area contributed by atoms with E-state index in [4.69, 9.17) is 4.74 Å². The number of benzene rings is 1. The molecule has 1 amide bonds. The Hall–Kier alpha value is -2.32. The van der Waals surface area contributed by atoms with Gasteiger partial charge in [0.1, 0.15) is 16.3 Å². The summed E-state index contributed by atoms with van der Waals surface area (Å²) in [5.74, 6) is 0.771. The largest absolute Gasteiger partial charge is 0.493 e. The number of rotatable bonds is 5. The van der Waals surface area contributed by atoms with Crippen molar-refractivity contribution in [2.24, 2.45) is 13.0 Å². The number of para-hydroxylation sites is 1. The van der Waals surface area contributed by atoms with E-state index in [9.17, 15) is 13.2 Å². The number of carbonyl (C=O) groups is 1. The van der Waals surface area contributed by atoms with Gasteiger partial charge in [0.25, 0.3) is 5.91 Å². The number of nitrogens with one attached hydrogen (secondary N) is 2. The van der Waals surface area contributed by atoms with Crippen LogP contribution in [0.5, 0.6) is 5.75 Å². The van der Waals surface area contributed by atoms with E-state index in [1.165, 1.54) is 23.9 Å². The monoisotopic (exact) mass is 363 g/mol. The molecule has 1 aliphatic rings. The number of aromatic nitrogens is 1. The summed E-state index contributed by atoms with van der Waals surface area (Å²) in [6.07, 6.45) is 2.25. The summed E-state index contributed by atoms with van der Waals surface area (Å²) in [7, 11) is -0.594. The summed E-state index contributed by atoms with van der Waals surface area (Å²) >= 11 is 0. The van der Waals surface area contributed by atoms with Gasteiger partial charge in [0.05, 0.1) is 6.61 Å². The minimum absolute atomic E-state index is 0.0672. The van der Waals surface area contributed by atoms with Gasteiger partial charge < -0.3 is 14.6 Å². The predicted octanol–water partition coefficient (Wildman–Crippen LogP) is 0.914. The molecule has 1 atom stereocenters. The molecule has 1 aromatic heterocycles. The van der Waals surface area contributed by atoms with Gasteiger partial charge in [-0.1, -0.05) is 18.2 Å². The highest BCUT2D eigenvalue weighted by molar-refractivity contribution is 7.89. The van der Waals surface area contributed by atoms with Crippen molar-refractivity contribution in [3.63, 3.8) is 0 Å². The van der Waals surface area contributed by atoms with Crippen LogP contribution < -0.4 is 14.8 Å². The lowest BCUT2D eigenvalue weighted by Gasteiger charge is -2.25. The minimum atomic E-state index is -3.57. The summed E-state index contributed by atoms with van der Waals surface area (Å²) in [5, 5.41) is 2.87. The average molecular weight is 363 g/mol. The van der Waals surface area contributed by atoms with Gasteiger partial charge in [0.2, 0.25) is 10.0 Å². The molecule has 0 saturated carbocycles. The number of fused-ring (bicyclic) bond motifs is 1. The van der Waals surface area contributed by atoms with Crippen LogP contribution in [-0.2, 0) is 23.5 Å². The molecule has 0 spiro atoms. The fourth-order valence-corrected chi connectivity index (χ4v) is 3.67. The third-order valence-electron chi connectivity index (χ3n) is 4.30. The van der Waals surface area contributed by atoms with Crippen LogP contribution in [0.4, 0.5) is 0 Å². The lowest BCUT2D eigenvalue weighted by molar-refractivity contribution is 0.0931. The molecule has 3 rings (SSSR count). The highest BCUT2D eigenvalue weighted by Crippen LogP contribution is 2.26. The Labute approximate surface area is 147 Å². The van der Waals surface area contributed by atoms with Crippen molar-refractivity contribution in [1.29, 1.82) is 0 Å². The first-order valence-electron chi connectivity index (χ1n) is 7.99. The lowest BCUT2D eigenvalue weighted by Crippen LogP contribution is -2.35. The van der Waals surface area contributed by atoms with Crippen molar-refractivity contribution in [2.45, 2.75) is 11.3 Å². The van der Waals surface area contributed by atoms with Crippen LogP contribution in [0.2, 0.25) is 0 Å². The van der Waals surface area contributed by atoms with E-state index in [2.05, 4.69) is 10.0 Å². The molecule has 8 heteroatoms. The predicted molar refractivity (Wildman–Crippen MR) is 93.1 cm³/mol. The quantitative estimate of drug-likeness (QED) is 0.826. The highest BCUT2D eigenvalue weighted by Gasteiger charge is 2.22. The molecule has 25 heavy (non-hydrogen) atoms. The van der Waals surface area contributed by atoms with Gasteiger partial charge in [0, 0.05) is 25.7 Å². The topological polar surface area (TPSA) is 89.4 Å². The Morgan fingerprint density at radius 3 is 2.88 bits per heavy atom. The first-order valence-corrected chi connectivity index (χ1v) is 9.48. The second-order valence-electron chi connectivity index (χ2n) is 6.08. The number of sulfonamides is 1. The lowest BCUT2D eigenvalue weighted by atomic mass is 9.97. The van der Waals surface area contributed by atoms with Crippen LogP contribution >= 0.6 is 0 Å². The smallest absolute Gasteiger partial charge is 0.267 e. The number of aryl methyl sites for hydroxylation is 1. The molecule has 2 N–H and O–H groups in total. The Morgan fingerprint density at radius 1 is 1.36 bits per heavy atom. The summed E-state index contributed by atoms with van der Waals surface area (Å²) in [4.78, 5) is 12.5. The van der Waals surface area contributed by atoms with E-state index in [-0.39, 0.29) is 16.7 Å². The first kappa shape index (κ1) is 17.5. The summed E-state index contributed by atoms with van der Waals surface area (Å²) < 4.78 is 33.1. The third-order valence-corrected chi connectivity index (χ3v) is 5.68. The zero-order valence-electron chi connectivity index (χ0n) is 14.2. The molecule has 1 aromatic carbocycles. The Bertz CT molecular complexity index is 889. The van der Waals surface area contributed by atoms with Gasteiger partial charge in [-0.3, -0.25) is 4.79 Å². The van der Waals surface area contributed by atoms with Crippen molar-refractivity contribution in [2.75, 3.05) is 20.2 Å². The summed E-state index contributed by atoms with van der Waals surface area (Å²) in [5.41, 5.74) is 1.43. The Kier molecular flexibility index (Phi) is 4.82. The molecule has 1 unspecified atom stereocenters. The standard InChI is InChI=1S/C17H21N3O4S/c1-18-25(22,23)14-8-15(20(2)10-14)17(21)19-9-12-7-13-5-3-4-6-16(13)24-11-12/h3-6,8,10,12,18H,7,9,11H2,1-2H3,(H,19,21). The number of hydrogen-bond donors (Lipinski definition) is 2. The van der Waals surface area contributed by atoms with E-state index in [0.29, 0.717) is 18.8 Å². The average Bonchev–Trinajstić information content (AvgIpc) is 3.02. The third kappa shape index (κ3) is 3.69. The molecule has 134 valence electrons. The van der Waals surface area contributed by atoms with Crippen molar-refractivity contribution in [3.8, 4) is 5.75 Å². The molecule has 0 saturated heterocycles. The molecule has 0 aliphatic carbocycles. The van der Waals surface area contributed by atoms with Gasteiger partial charge in [-0.2, -0.15) is 0 Å². The van der Waals surface area contributed by atoms with Gasteiger partial charge in [0.15, 0.2) is 0 Å². The summed E-state index contributed by atoms with van der Waals surface area (Å²) in [6, 6.07) is 9.24. The van der Waals surface area contributed by atoms with Crippen molar-refractivity contribution in [3.05, 3.63) is 47.8 Å². The van der Waals surface area contributed by atoms with E-state index < -0.39 is 10.0 Å².